The fourth-order valence-electron chi connectivity index (χ4n) is 2.39. The molecule has 0 bridgehead atoms. The monoisotopic (exact) mass is 289 g/mol. The number of hydrogen-bond acceptors (Lipinski definition) is 4. The Hall–Kier alpha value is -2.31. The maximum atomic E-state index is 12.3. The lowest BCUT2D eigenvalue weighted by Gasteiger charge is -2.13. The number of rotatable bonds is 4. The van der Waals surface area contributed by atoms with Crippen molar-refractivity contribution in [2.24, 2.45) is 0 Å². The smallest absolute Gasteiger partial charge is 0.277 e. The van der Waals surface area contributed by atoms with Crippen molar-refractivity contribution in [1.82, 2.24) is 19.6 Å². The Morgan fingerprint density at radius 2 is 2.29 bits per heavy atom. The van der Waals surface area contributed by atoms with Crippen LogP contribution in [0.4, 0.5) is 5.82 Å². The predicted octanol–water partition coefficient (Wildman–Crippen LogP) is 1.83. The summed E-state index contributed by atoms with van der Waals surface area (Å²) in [5, 5.41) is 11.5. The molecular weight excluding hydrogens is 270 g/mol. The second kappa shape index (κ2) is 5.59. The van der Waals surface area contributed by atoms with E-state index in [4.69, 9.17) is 4.74 Å². The van der Waals surface area contributed by atoms with Crippen molar-refractivity contribution in [3.63, 3.8) is 0 Å². The van der Waals surface area contributed by atoms with Gasteiger partial charge in [0, 0.05) is 31.6 Å². The van der Waals surface area contributed by atoms with Gasteiger partial charge in [0.15, 0.2) is 5.69 Å². The summed E-state index contributed by atoms with van der Waals surface area (Å²) in [6, 6.07) is 3.54. The van der Waals surface area contributed by atoms with Gasteiger partial charge in [-0.3, -0.25) is 4.79 Å². The number of aryl methyl sites for hydroxylation is 3. The number of aromatic nitrogens is 4. The first kappa shape index (κ1) is 13.7. The van der Waals surface area contributed by atoms with Gasteiger partial charge in [-0.1, -0.05) is 6.92 Å². The second-order valence-corrected chi connectivity index (χ2v) is 5.14. The van der Waals surface area contributed by atoms with Crippen LogP contribution in [0.3, 0.4) is 0 Å². The number of anilines is 1. The third-order valence-corrected chi connectivity index (χ3v) is 3.32. The molecule has 0 radical (unpaired) electrons. The van der Waals surface area contributed by atoms with Crippen LogP contribution in [-0.4, -0.2) is 32.1 Å². The van der Waals surface area contributed by atoms with E-state index in [0.29, 0.717) is 24.0 Å². The quantitative estimate of drug-likeness (QED) is 0.932. The molecule has 2 aromatic rings. The van der Waals surface area contributed by atoms with Crippen molar-refractivity contribution < 1.29 is 9.53 Å². The van der Waals surface area contributed by atoms with E-state index >= 15 is 0 Å². The maximum absolute atomic E-state index is 12.3. The number of nitrogens with zero attached hydrogens (tertiary/aromatic N) is 4. The maximum Gasteiger partial charge on any atom is 0.277 e. The Balaban J connectivity index is 1.78. The lowest BCUT2D eigenvalue weighted by atomic mass is 10.3. The minimum Gasteiger partial charge on any atom is -0.478 e. The van der Waals surface area contributed by atoms with Crippen molar-refractivity contribution >= 4 is 11.7 Å². The molecule has 1 amide bonds. The summed E-state index contributed by atoms with van der Waals surface area (Å²) in [6.45, 7) is 6.21. The van der Waals surface area contributed by atoms with Crippen molar-refractivity contribution in [3.05, 3.63) is 23.5 Å². The fraction of sp³-hybridized carbons (Fsp3) is 0.500. The molecular formula is C14H19N5O2. The molecule has 0 spiro atoms. The zero-order valence-electron chi connectivity index (χ0n) is 12.3. The highest BCUT2D eigenvalue weighted by Gasteiger charge is 2.19. The van der Waals surface area contributed by atoms with E-state index in [1.807, 2.05) is 13.0 Å². The number of fused-ring (bicyclic) bond motifs is 1. The van der Waals surface area contributed by atoms with Crippen LogP contribution in [0.1, 0.15) is 35.9 Å². The summed E-state index contributed by atoms with van der Waals surface area (Å²) in [7, 11) is 0. The number of carbonyl (C=O) groups excluding carboxylic acids is 1. The molecule has 1 aliphatic heterocycles. The van der Waals surface area contributed by atoms with E-state index < -0.39 is 0 Å². The van der Waals surface area contributed by atoms with Gasteiger partial charge in [-0.25, -0.2) is 9.36 Å². The van der Waals surface area contributed by atoms with Gasteiger partial charge >= 0.3 is 0 Å². The van der Waals surface area contributed by atoms with Crippen LogP contribution in [0.25, 0.3) is 0 Å². The normalized spacial score (nSPS) is 13.6. The van der Waals surface area contributed by atoms with E-state index in [1.54, 1.807) is 15.4 Å². The SMILES string of the molecule is CCCn1nc(C)cc1NC(=O)c1cc2n(n1)CCCO2. The molecule has 0 fully saturated rings. The van der Waals surface area contributed by atoms with Gasteiger partial charge in [0.1, 0.15) is 5.82 Å². The Morgan fingerprint density at radius 3 is 3.05 bits per heavy atom. The van der Waals surface area contributed by atoms with Crippen molar-refractivity contribution in [3.8, 4) is 5.88 Å². The summed E-state index contributed by atoms with van der Waals surface area (Å²) in [6.07, 6.45) is 1.87. The lowest BCUT2D eigenvalue weighted by Crippen LogP contribution is -2.17. The van der Waals surface area contributed by atoms with Gasteiger partial charge in [0.2, 0.25) is 5.88 Å². The lowest BCUT2D eigenvalue weighted by molar-refractivity contribution is 0.102. The van der Waals surface area contributed by atoms with Gasteiger partial charge in [-0.2, -0.15) is 10.2 Å². The van der Waals surface area contributed by atoms with Crippen molar-refractivity contribution in [2.75, 3.05) is 11.9 Å². The van der Waals surface area contributed by atoms with Crippen LogP contribution in [0.15, 0.2) is 12.1 Å². The van der Waals surface area contributed by atoms with Gasteiger partial charge in [0.25, 0.3) is 5.91 Å². The first-order chi connectivity index (χ1) is 10.2. The zero-order chi connectivity index (χ0) is 14.8. The van der Waals surface area contributed by atoms with Crippen molar-refractivity contribution in [2.45, 2.75) is 39.8 Å². The van der Waals surface area contributed by atoms with E-state index in [2.05, 4.69) is 22.4 Å². The highest BCUT2D eigenvalue weighted by molar-refractivity contribution is 6.02. The third kappa shape index (κ3) is 2.76. The molecule has 0 saturated carbocycles. The summed E-state index contributed by atoms with van der Waals surface area (Å²) in [4.78, 5) is 12.3. The Bertz CT molecular complexity index is 635. The first-order valence-corrected chi connectivity index (χ1v) is 7.24. The van der Waals surface area contributed by atoms with Crippen LogP contribution < -0.4 is 10.1 Å². The highest BCUT2D eigenvalue weighted by Crippen LogP contribution is 2.19. The van der Waals surface area contributed by atoms with Crippen LogP contribution in [0.5, 0.6) is 5.88 Å². The van der Waals surface area contributed by atoms with Gasteiger partial charge < -0.3 is 10.1 Å². The summed E-state index contributed by atoms with van der Waals surface area (Å²) in [5.41, 5.74) is 1.25. The summed E-state index contributed by atoms with van der Waals surface area (Å²) >= 11 is 0. The standard InChI is InChI=1S/C14H19N5O2/c1-3-5-18-12(8-10(2)16-18)15-14(20)11-9-13-19(17-11)6-4-7-21-13/h8-9H,3-7H2,1-2H3,(H,15,20). The molecule has 1 N–H and O–H groups in total. The van der Waals surface area contributed by atoms with Gasteiger partial charge in [-0.05, 0) is 13.3 Å². The molecule has 21 heavy (non-hydrogen) atoms. The molecule has 0 aliphatic carbocycles. The summed E-state index contributed by atoms with van der Waals surface area (Å²) in [5.74, 6) is 1.12. The van der Waals surface area contributed by atoms with Crippen LogP contribution in [-0.2, 0) is 13.1 Å². The first-order valence-electron chi connectivity index (χ1n) is 7.24. The minimum absolute atomic E-state index is 0.238. The Kier molecular flexibility index (Phi) is 3.64. The molecule has 0 saturated heterocycles. The molecule has 1 aliphatic rings. The minimum atomic E-state index is -0.238. The van der Waals surface area contributed by atoms with Crippen LogP contribution >= 0.6 is 0 Å². The largest absolute Gasteiger partial charge is 0.478 e. The molecule has 0 aromatic carbocycles. The second-order valence-electron chi connectivity index (χ2n) is 5.14. The molecule has 0 atom stereocenters. The number of nitrogens with one attached hydrogen (secondary N) is 1. The van der Waals surface area contributed by atoms with E-state index in [0.717, 1.165) is 31.6 Å². The third-order valence-electron chi connectivity index (χ3n) is 3.32. The molecule has 7 nitrogen and oxygen atoms in total. The molecule has 7 heteroatoms. The van der Waals surface area contributed by atoms with E-state index in [-0.39, 0.29) is 5.91 Å². The fourth-order valence-corrected chi connectivity index (χ4v) is 2.39. The number of amides is 1. The number of carbonyl (C=O) groups is 1. The average Bonchev–Trinajstić information content (AvgIpc) is 3.03. The predicted molar refractivity (Wildman–Crippen MR) is 77.5 cm³/mol. The number of ether oxygens (including phenoxy) is 1. The summed E-state index contributed by atoms with van der Waals surface area (Å²) < 4.78 is 9.01. The number of hydrogen-bond donors (Lipinski definition) is 1. The Morgan fingerprint density at radius 1 is 1.43 bits per heavy atom. The average molecular weight is 289 g/mol. The Labute approximate surface area is 122 Å². The zero-order valence-corrected chi connectivity index (χ0v) is 12.3. The molecule has 112 valence electrons. The molecule has 2 aromatic heterocycles. The van der Waals surface area contributed by atoms with Gasteiger partial charge in [-0.15, -0.1) is 0 Å². The van der Waals surface area contributed by atoms with E-state index in [1.165, 1.54) is 0 Å². The van der Waals surface area contributed by atoms with Crippen molar-refractivity contribution in [1.29, 1.82) is 0 Å². The van der Waals surface area contributed by atoms with Gasteiger partial charge in [0.05, 0.1) is 12.3 Å². The van der Waals surface area contributed by atoms with Crippen LogP contribution in [0.2, 0.25) is 0 Å². The molecule has 3 heterocycles. The van der Waals surface area contributed by atoms with Crippen LogP contribution in [0, 0.1) is 6.92 Å². The van der Waals surface area contributed by atoms with E-state index in [9.17, 15) is 4.79 Å². The molecule has 3 rings (SSSR count). The topological polar surface area (TPSA) is 74.0 Å². The molecule has 0 unspecified atom stereocenters. The highest BCUT2D eigenvalue weighted by atomic mass is 16.5.